The molecule has 0 unspecified atom stereocenters. The van der Waals surface area contributed by atoms with Crippen molar-refractivity contribution in [1.82, 2.24) is 0 Å². The van der Waals surface area contributed by atoms with Crippen LogP contribution in [0.25, 0.3) is 0 Å². The number of halogens is 1. The van der Waals surface area contributed by atoms with Crippen LogP contribution in [0.3, 0.4) is 0 Å². The van der Waals surface area contributed by atoms with Crippen LogP contribution in [0.2, 0.25) is 0 Å². The first-order valence-electron chi connectivity index (χ1n) is 4.08. The van der Waals surface area contributed by atoms with Gasteiger partial charge < -0.3 is 9.90 Å². The summed E-state index contributed by atoms with van der Waals surface area (Å²) in [5, 5.41) is 9.32. The first kappa shape index (κ1) is 9.71. The largest absolute Gasteiger partial charge is 0.508 e. The second-order valence-corrected chi connectivity index (χ2v) is 2.80. The predicted octanol–water partition coefficient (Wildman–Crippen LogP) is 1.99. The Morgan fingerprint density at radius 1 is 1.46 bits per heavy atom. The molecule has 13 heavy (non-hydrogen) atoms. The molecule has 0 fully saturated rings. The lowest BCUT2D eigenvalue weighted by atomic mass is 10.1. The van der Waals surface area contributed by atoms with Gasteiger partial charge in [0.05, 0.1) is 0 Å². The highest BCUT2D eigenvalue weighted by Crippen LogP contribution is 2.20. The maximum absolute atomic E-state index is 12.2. The molecule has 0 amide bonds. The van der Waals surface area contributed by atoms with Crippen LogP contribution in [0.5, 0.6) is 5.75 Å². The van der Waals surface area contributed by atoms with Crippen molar-refractivity contribution in [2.24, 2.45) is 0 Å². The Morgan fingerprint density at radius 2 is 2.23 bits per heavy atom. The van der Waals surface area contributed by atoms with Crippen LogP contribution >= 0.6 is 0 Å². The van der Waals surface area contributed by atoms with E-state index in [1.165, 1.54) is 12.1 Å². The molecule has 0 aromatic heterocycles. The van der Waals surface area contributed by atoms with E-state index in [1.54, 1.807) is 6.07 Å². The summed E-state index contributed by atoms with van der Waals surface area (Å²) in [6.45, 7) is -0.547. The summed E-state index contributed by atoms with van der Waals surface area (Å²) in [5.41, 5.74) is 1.15. The fraction of sp³-hybridized carbons (Fsp3) is 0.300. The molecule has 0 saturated heterocycles. The molecule has 0 aliphatic carbocycles. The molecule has 3 heteroatoms. The van der Waals surface area contributed by atoms with Gasteiger partial charge in [0.1, 0.15) is 18.7 Å². The first-order chi connectivity index (χ1) is 6.27. The molecule has 1 aromatic rings. The van der Waals surface area contributed by atoms with E-state index < -0.39 is 6.67 Å². The number of aryl methyl sites for hydroxylation is 1. The van der Waals surface area contributed by atoms with Crippen LogP contribution in [0, 0.1) is 0 Å². The number of benzene rings is 1. The van der Waals surface area contributed by atoms with Gasteiger partial charge in [0.15, 0.2) is 0 Å². The van der Waals surface area contributed by atoms with Crippen molar-refractivity contribution in [2.45, 2.75) is 19.5 Å². The second kappa shape index (κ2) is 4.60. The molecule has 1 rings (SSSR count). The molecular formula is C10H11FO2. The van der Waals surface area contributed by atoms with Gasteiger partial charge in [0.25, 0.3) is 0 Å². The summed E-state index contributed by atoms with van der Waals surface area (Å²) in [6, 6.07) is 4.56. The van der Waals surface area contributed by atoms with Crippen LogP contribution < -0.4 is 0 Å². The Hall–Kier alpha value is -1.38. The molecule has 2 nitrogen and oxygen atoms in total. The van der Waals surface area contributed by atoms with E-state index in [2.05, 4.69) is 0 Å². The Labute approximate surface area is 76.0 Å². The van der Waals surface area contributed by atoms with Gasteiger partial charge in [-0.15, -0.1) is 0 Å². The monoisotopic (exact) mass is 182 g/mol. The first-order valence-corrected chi connectivity index (χ1v) is 4.08. The number of alkyl halides is 1. The number of carbonyl (C=O) groups excluding carboxylic acids is 1. The van der Waals surface area contributed by atoms with Crippen molar-refractivity contribution in [3.63, 3.8) is 0 Å². The molecular weight excluding hydrogens is 171 g/mol. The standard InChI is InChI=1S/C10H11FO2/c11-7-8-3-4-10(13)9(6-8)2-1-5-12/h3-6,13H,1-2,7H2. The topological polar surface area (TPSA) is 37.3 Å². The fourth-order valence-corrected chi connectivity index (χ4v) is 1.14. The van der Waals surface area contributed by atoms with E-state index in [4.69, 9.17) is 0 Å². The molecule has 0 radical (unpaired) electrons. The van der Waals surface area contributed by atoms with Gasteiger partial charge in [-0.3, -0.25) is 0 Å². The van der Waals surface area contributed by atoms with Gasteiger partial charge >= 0.3 is 0 Å². The van der Waals surface area contributed by atoms with E-state index in [9.17, 15) is 14.3 Å². The molecule has 0 aliphatic rings. The predicted molar refractivity (Wildman–Crippen MR) is 47.3 cm³/mol. The van der Waals surface area contributed by atoms with Gasteiger partial charge in [-0.05, 0) is 29.7 Å². The molecule has 70 valence electrons. The normalized spacial score (nSPS) is 9.92. The van der Waals surface area contributed by atoms with E-state index in [-0.39, 0.29) is 5.75 Å². The number of aromatic hydroxyl groups is 1. The Balaban J connectivity index is 2.83. The third kappa shape index (κ3) is 2.54. The lowest BCUT2D eigenvalue weighted by Crippen LogP contribution is -1.89. The van der Waals surface area contributed by atoms with Crippen molar-refractivity contribution in [1.29, 1.82) is 0 Å². The van der Waals surface area contributed by atoms with Crippen molar-refractivity contribution in [3.05, 3.63) is 29.3 Å². The third-order valence-electron chi connectivity index (χ3n) is 1.83. The molecule has 0 spiro atoms. The van der Waals surface area contributed by atoms with Crippen molar-refractivity contribution in [3.8, 4) is 5.75 Å². The summed E-state index contributed by atoms with van der Waals surface area (Å²) in [5.74, 6) is 0.124. The van der Waals surface area contributed by atoms with E-state index in [1.807, 2.05) is 0 Å². The van der Waals surface area contributed by atoms with Crippen molar-refractivity contribution < 1.29 is 14.3 Å². The SMILES string of the molecule is O=CCCc1cc(CF)ccc1O. The summed E-state index contributed by atoms with van der Waals surface area (Å²) < 4.78 is 12.2. The number of aldehydes is 1. The minimum absolute atomic E-state index is 0.124. The van der Waals surface area contributed by atoms with Gasteiger partial charge in [-0.2, -0.15) is 0 Å². The van der Waals surface area contributed by atoms with Crippen molar-refractivity contribution >= 4 is 6.29 Å². The molecule has 0 atom stereocenters. The highest BCUT2D eigenvalue weighted by Gasteiger charge is 2.01. The van der Waals surface area contributed by atoms with Gasteiger partial charge in [-0.25, -0.2) is 4.39 Å². The number of rotatable bonds is 4. The Morgan fingerprint density at radius 3 is 2.85 bits per heavy atom. The van der Waals surface area contributed by atoms with Crippen LogP contribution in [0.1, 0.15) is 17.5 Å². The molecule has 0 saturated carbocycles. The van der Waals surface area contributed by atoms with Crippen LogP contribution in [-0.4, -0.2) is 11.4 Å². The molecule has 1 N–H and O–H groups in total. The zero-order valence-corrected chi connectivity index (χ0v) is 7.16. The van der Waals surface area contributed by atoms with E-state index in [0.29, 0.717) is 24.0 Å². The molecule has 1 aromatic carbocycles. The van der Waals surface area contributed by atoms with Gasteiger partial charge in [0.2, 0.25) is 0 Å². The molecule has 0 bridgehead atoms. The minimum atomic E-state index is -0.547. The summed E-state index contributed by atoms with van der Waals surface area (Å²) in [6.07, 6.45) is 1.59. The average Bonchev–Trinajstić information content (AvgIpc) is 2.17. The second-order valence-electron chi connectivity index (χ2n) is 2.80. The number of phenolic OH excluding ortho intramolecular Hbond substituents is 1. The number of carbonyl (C=O) groups is 1. The summed E-state index contributed by atoms with van der Waals surface area (Å²) >= 11 is 0. The zero-order chi connectivity index (χ0) is 9.68. The zero-order valence-electron chi connectivity index (χ0n) is 7.16. The van der Waals surface area contributed by atoms with Crippen LogP contribution in [0.4, 0.5) is 4.39 Å². The third-order valence-corrected chi connectivity index (χ3v) is 1.83. The lowest BCUT2D eigenvalue weighted by Gasteiger charge is -2.03. The summed E-state index contributed by atoms with van der Waals surface area (Å²) in [7, 11) is 0. The van der Waals surface area contributed by atoms with E-state index >= 15 is 0 Å². The molecule has 0 aliphatic heterocycles. The van der Waals surface area contributed by atoms with Gasteiger partial charge in [0, 0.05) is 6.42 Å². The lowest BCUT2D eigenvalue weighted by molar-refractivity contribution is -0.107. The number of hydrogen-bond acceptors (Lipinski definition) is 2. The van der Waals surface area contributed by atoms with Gasteiger partial charge in [-0.1, -0.05) is 6.07 Å². The number of phenols is 1. The number of hydrogen-bond donors (Lipinski definition) is 1. The average molecular weight is 182 g/mol. The summed E-state index contributed by atoms with van der Waals surface area (Å²) in [4.78, 5) is 10.1. The highest BCUT2D eigenvalue weighted by atomic mass is 19.1. The Kier molecular flexibility index (Phi) is 3.43. The van der Waals surface area contributed by atoms with Crippen LogP contribution in [0.15, 0.2) is 18.2 Å². The maximum Gasteiger partial charge on any atom is 0.120 e. The van der Waals surface area contributed by atoms with Crippen LogP contribution in [-0.2, 0) is 17.9 Å². The maximum atomic E-state index is 12.2. The quantitative estimate of drug-likeness (QED) is 0.723. The van der Waals surface area contributed by atoms with E-state index in [0.717, 1.165) is 6.29 Å². The van der Waals surface area contributed by atoms with Crippen molar-refractivity contribution in [2.75, 3.05) is 0 Å². The molecule has 0 heterocycles. The fourth-order valence-electron chi connectivity index (χ4n) is 1.14. The Bertz CT molecular complexity index is 297. The highest BCUT2D eigenvalue weighted by molar-refractivity contribution is 5.51. The minimum Gasteiger partial charge on any atom is -0.508 e. The smallest absolute Gasteiger partial charge is 0.120 e.